The Kier molecular flexibility index (Phi) is 9.26. The number of amides is 2. The molecule has 0 aliphatic rings. The first-order chi connectivity index (χ1) is 17.4. The first-order valence-corrected chi connectivity index (χ1v) is 11.1. The van der Waals surface area contributed by atoms with E-state index in [9.17, 15) is 14.4 Å². The molecule has 0 aliphatic heterocycles. The summed E-state index contributed by atoms with van der Waals surface area (Å²) in [6, 6.07) is 13.9. The van der Waals surface area contributed by atoms with Gasteiger partial charge in [-0.25, -0.2) is 4.79 Å². The van der Waals surface area contributed by atoms with Gasteiger partial charge in [-0.3, -0.25) is 14.3 Å². The summed E-state index contributed by atoms with van der Waals surface area (Å²) < 4.78 is 22.4. The molecule has 0 radical (unpaired) electrons. The third-order valence-corrected chi connectivity index (χ3v) is 4.93. The summed E-state index contributed by atoms with van der Waals surface area (Å²) in [4.78, 5) is 35.4. The lowest BCUT2D eigenvalue weighted by atomic mass is 10.1. The maximum atomic E-state index is 13.0. The van der Waals surface area contributed by atoms with Gasteiger partial charge in [0, 0.05) is 25.7 Å². The highest BCUT2D eigenvalue weighted by Gasteiger charge is 2.18. The molecule has 0 fully saturated rings. The van der Waals surface area contributed by atoms with Gasteiger partial charge in [-0.2, -0.15) is 5.10 Å². The molecule has 0 spiro atoms. The lowest BCUT2D eigenvalue weighted by molar-refractivity contribution is -0.141. The van der Waals surface area contributed by atoms with Crippen LogP contribution in [0.1, 0.15) is 17.3 Å². The van der Waals surface area contributed by atoms with Crippen LogP contribution in [0.5, 0.6) is 11.5 Å². The fourth-order valence-electron chi connectivity index (χ4n) is 3.28. The molecular formula is C25H28N4O7. The van der Waals surface area contributed by atoms with E-state index in [1.165, 1.54) is 14.0 Å². The van der Waals surface area contributed by atoms with Crippen LogP contribution in [-0.2, 0) is 21.3 Å². The van der Waals surface area contributed by atoms with E-state index in [1.807, 2.05) is 6.07 Å². The number of hydrogen-bond acceptors (Lipinski definition) is 8. The number of ether oxygens (including phenoxy) is 4. The SMILES string of the molecule is COc1cccc(C(=O)Nc2cccc(OCCNC(=O)OCCOC(C)=O)c2-c2ccnn2C)c1. The Morgan fingerprint density at radius 2 is 1.78 bits per heavy atom. The molecule has 0 atom stereocenters. The minimum Gasteiger partial charge on any atom is -0.497 e. The molecule has 0 aliphatic carbocycles. The van der Waals surface area contributed by atoms with E-state index in [0.29, 0.717) is 28.3 Å². The zero-order valence-electron chi connectivity index (χ0n) is 20.3. The molecule has 2 N–H and O–H groups in total. The van der Waals surface area contributed by atoms with Gasteiger partial charge in [0.2, 0.25) is 0 Å². The van der Waals surface area contributed by atoms with Crippen molar-refractivity contribution in [3.8, 4) is 22.8 Å². The van der Waals surface area contributed by atoms with Crippen LogP contribution in [0, 0.1) is 0 Å². The number of nitrogens with zero attached hydrogens (tertiary/aromatic N) is 2. The molecule has 0 saturated carbocycles. The van der Waals surface area contributed by atoms with E-state index in [4.69, 9.17) is 18.9 Å². The van der Waals surface area contributed by atoms with Crippen LogP contribution in [0.2, 0.25) is 0 Å². The van der Waals surface area contributed by atoms with E-state index < -0.39 is 12.1 Å². The van der Waals surface area contributed by atoms with E-state index in [2.05, 4.69) is 15.7 Å². The highest BCUT2D eigenvalue weighted by Crippen LogP contribution is 2.37. The molecule has 0 unspecified atom stereocenters. The molecule has 3 rings (SSSR count). The number of esters is 1. The third kappa shape index (κ3) is 7.23. The second-order valence-corrected chi connectivity index (χ2v) is 7.46. The highest BCUT2D eigenvalue weighted by atomic mass is 16.6. The number of methoxy groups -OCH3 is 1. The normalized spacial score (nSPS) is 10.3. The van der Waals surface area contributed by atoms with Gasteiger partial charge in [0.05, 0.1) is 30.6 Å². The molecule has 3 aromatic rings. The van der Waals surface area contributed by atoms with Crippen molar-refractivity contribution in [2.75, 3.05) is 38.8 Å². The summed E-state index contributed by atoms with van der Waals surface area (Å²) >= 11 is 0. The van der Waals surface area contributed by atoms with Gasteiger partial charge in [-0.1, -0.05) is 12.1 Å². The molecule has 2 aromatic carbocycles. The Morgan fingerprint density at radius 3 is 2.50 bits per heavy atom. The summed E-state index contributed by atoms with van der Waals surface area (Å²) in [7, 11) is 3.32. The number of rotatable bonds is 11. The first-order valence-electron chi connectivity index (χ1n) is 11.1. The largest absolute Gasteiger partial charge is 0.497 e. The van der Waals surface area contributed by atoms with Crippen molar-refractivity contribution in [2.45, 2.75) is 6.92 Å². The summed E-state index contributed by atoms with van der Waals surface area (Å²) in [6.07, 6.45) is 0.990. The number of benzene rings is 2. The van der Waals surface area contributed by atoms with Gasteiger partial charge in [0.1, 0.15) is 31.3 Å². The van der Waals surface area contributed by atoms with Gasteiger partial charge in [-0.05, 0) is 36.4 Å². The van der Waals surface area contributed by atoms with Crippen molar-refractivity contribution >= 4 is 23.7 Å². The summed E-state index contributed by atoms with van der Waals surface area (Å²) in [6.45, 7) is 1.51. The molecule has 1 aromatic heterocycles. The Balaban J connectivity index is 1.69. The van der Waals surface area contributed by atoms with Crippen LogP contribution >= 0.6 is 0 Å². The number of nitrogens with one attached hydrogen (secondary N) is 2. The molecule has 0 bridgehead atoms. The number of carbonyl (C=O) groups excluding carboxylic acids is 3. The van der Waals surface area contributed by atoms with Crippen LogP contribution in [-0.4, -0.2) is 61.2 Å². The number of aromatic nitrogens is 2. The number of alkyl carbamates (subject to hydrolysis) is 1. The Labute approximate surface area is 208 Å². The average molecular weight is 497 g/mol. The molecule has 11 nitrogen and oxygen atoms in total. The van der Waals surface area contributed by atoms with E-state index in [-0.39, 0.29) is 32.3 Å². The van der Waals surface area contributed by atoms with E-state index in [1.54, 1.807) is 60.4 Å². The van der Waals surface area contributed by atoms with Gasteiger partial charge in [-0.15, -0.1) is 0 Å². The Hall–Kier alpha value is -4.54. The number of hydrogen-bond donors (Lipinski definition) is 2. The van der Waals surface area contributed by atoms with Crippen LogP contribution < -0.4 is 20.1 Å². The smallest absolute Gasteiger partial charge is 0.407 e. The van der Waals surface area contributed by atoms with Gasteiger partial charge in [0.25, 0.3) is 5.91 Å². The monoisotopic (exact) mass is 496 g/mol. The van der Waals surface area contributed by atoms with Crippen molar-refractivity contribution in [2.24, 2.45) is 7.05 Å². The minimum absolute atomic E-state index is 0.0123. The van der Waals surface area contributed by atoms with Crippen LogP contribution in [0.25, 0.3) is 11.3 Å². The average Bonchev–Trinajstić information content (AvgIpc) is 3.29. The zero-order valence-corrected chi connectivity index (χ0v) is 20.3. The summed E-state index contributed by atoms with van der Waals surface area (Å²) in [5.41, 5.74) is 2.33. The summed E-state index contributed by atoms with van der Waals surface area (Å²) in [5, 5.41) is 9.73. The zero-order chi connectivity index (χ0) is 25.9. The fraction of sp³-hybridized carbons (Fsp3) is 0.280. The lowest BCUT2D eigenvalue weighted by Crippen LogP contribution is -2.29. The predicted octanol–water partition coefficient (Wildman–Crippen LogP) is 3.02. The number of aryl methyl sites for hydroxylation is 1. The molecule has 1 heterocycles. The standard InChI is InChI=1S/C25H28N4O7/c1-17(30)34-14-15-36-25(32)26-12-13-35-22-9-5-8-20(23(22)21-10-11-27-29(21)2)28-24(31)18-6-4-7-19(16-18)33-3/h4-11,16H,12-15H2,1-3H3,(H,26,32)(H,28,31). The molecule has 0 saturated heterocycles. The van der Waals surface area contributed by atoms with E-state index in [0.717, 1.165) is 5.69 Å². The second-order valence-electron chi connectivity index (χ2n) is 7.46. The van der Waals surface area contributed by atoms with Crippen molar-refractivity contribution < 1.29 is 33.3 Å². The van der Waals surface area contributed by atoms with Crippen molar-refractivity contribution in [1.29, 1.82) is 0 Å². The minimum atomic E-state index is -0.656. The van der Waals surface area contributed by atoms with Gasteiger partial charge in [0.15, 0.2) is 0 Å². The molecular weight excluding hydrogens is 468 g/mol. The molecule has 190 valence electrons. The Bertz CT molecular complexity index is 1210. The Morgan fingerprint density at radius 1 is 1.00 bits per heavy atom. The molecule has 36 heavy (non-hydrogen) atoms. The highest BCUT2D eigenvalue weighted by molar-refractivity contribution is 6.06. The van der Waals surface area contributed by atoms with Crippen molar-refractivity contribution in [3.63, 3.8) is 0 Å². The molecule has 2 amide bonds. The second kappa shape index (κ2) is 12.8. The quantitative estimate of drug-likeness (QED) is 0.306. The van der Waals surface area contributed by atoms with Gasteiger partial charge >= 0.3 is 12.1 Å². The number of carbonyl (C=O) groups is 3. The maximum Gasteiger partial charge on any atom is 0.407 e. The third-order valence-electron chi connectivity index (χ3n) is 4.93. The summed E-state index contributed by atoms with van der Waals surface area (Å²) in [5.74, 6) is 0.308. The van der Waals surface area contributed by atoms with Crippen LogP contribution in [0.4, 0.5) is 10.5 Å². The van der Waals surface area contributed by atoms with Gasteiger partial charge < -0.3 is 29.6 Å². The molecule has 11 heteroatoms. The first kappa shape index (κ1) is 26.1. The lowest BCUT2D eigenvalue weighted by Gasteiger charge is -2.17. The van der Waals surface area contributed by atoms with Crippen molar-refractivity contribution in [1.82, 2.24) is 15.1 Å². The fourth-order valence-corrected chi connectivity index (χ4v) is 3.28. The maximum absolute atomic E-state index is 13.0. The van der Waals surface area contributed by atoms with E-state index >= 15 is 0 Å². The predicted molar refractivity (Wildman–Crippen MR) is 131 cm³/mol. The van der Waals surface area contributed by atoms with Crippen LogP contribution in [0.15, 0.2) is 54.7 Å². The topological polar surface area (TPSA) is 130 Å². The number of anilines is 1. The van der Waals surface area contributed by atoms with Crippen molar-refractivity contribution in [3.05, 3.63) is 60.3 Å². The van der Waals surface area contributed by atoms with Crippen LogP contribution in [0.3, 0.4) is 0 Å².